The van der Waals surface area contributed by atoms with Gasteiger partial charge >= 0.3 is 12.7 Å². The Morgan fingerprint density at radius 3 is 2.61 bits per heavy atom. The number of fused-ring (bicyclic) bond motifs is 2. The van der Waals surface area contributed by atoms with Crippen LogP contribution in [-0.4, -0.2) is 68.0 Å². The molecule has 2 aliphatic rings. The molecule has 9 nitrogen and oxygen atoms in total. The zero-order valence-electron chi connectivity index (χ0n) is 18.8. The van der Waals surface area contributed by atoms with Crippen molar-refractivity contribution in [1.29, 1.82) is 0 Å². The lowest BCUT2D eigenvalue weighted by atomic mass is 9.53. The van der Waals surface area contributed by atoms with E-state index in [-0.39, 0.29) is 35.3 Å². The zero-order chi connectivity index (χ0) is 24.5. The third kappa shape index (κ3) is 5.03. The van der Waals surface area contributed by atoms with Gasteiger partial charge in [-0.25, -0.2) is 0 Å². The summed E-state index contributed by atoms with van der Waals surface area (Å²) in [5.74, 6) is -2.45. The number of benzene rings is 1. The van der Waals surface area contributed by atoms with Gasteiger partial charge in [0.1, 0.15) is 17.9 Å². The summed E-state index contributed by atoms with van der Waals surface area (Å²) in [6.45, 7) is 1.27. The number of carbonyl (C=O) groups excluding carboxylic acids is 4. The summed E-state index contributed by atoms with van der Waals surface area (Å²) in [6, 6.07) is 3.53. The molecule has 0 saturated carbocycles. The summed E-state index contributed by atoms with van der Waals surface area (Å²) in [5.41, 5.74) is 0.158. The highest BCUT2D eigenvalue weighted by molar-refractivity contribution is 6.71. The Balaban J connectivity index is 1.74. The van der Waals surface area contributed by atoms with E-state index in [1.54, 1.807) is 17.9 Å². The topological polar surface area (TPSA) is 111 Å². The molecule has 2 bridgehead atoms. The van der Waals surface area contributed by atoms with Gasteiger partial charge in [0.25, 0.3) is 11.9 Å². The fourth-order valence-corrected chi connectivity index (χ4v) is 4.99. The van der Waals surface area contributed by atoms with Crippen molar-refractivity contribution in [2.24, 2.45) is 5.92 Å². The van der Waals surface area contributed by atoms with Crippen LogP contribution in [0.3, 0.4) is 0 Å². The molecule has 0 aliphatic carbocycles. The van der Waals surface area contributed by atoms with Gasteiger partial charge in [-0.2, -0.15) is 0 Å². The van der Waals surface area contributed by atoms with Crippen LogP contribution in [0.2, 0.25) is 15.9 Å². The predicted octanol–water partition coefficient (Wildman–Crippen LogP) is 2.47. The number of hydrogen-bond donors (Lipinski definition) is 1. The molecule has 1 N–H and O–H groups in total. The van der Waals surface area contributed by atoms with Crippen molar-refractivity contribution in [2.75, 3.05) is 20.7 Å². The largest absolute Gasteiger partial charge is 0.651 e. The average Bonchev–Trinajstić information content (AvgIpc) is 3.25. The first-order valence-electron chi connectivity index (χ1n) is 10.6. The Morgan fingerprint density at radius 2 is 1.97 bits per heavy atom. The molecular weight excluding hydrogens is 474 g/mol. The maximum atomic E-state index is 12.8. The summed E-state index contributed by atoms with van der Waals surface area (Å²) in [7, 11) is 2.85. The van der Waals surface area contributed by atoms with Crippen molar-refractivity contribution >= 4 is 53.5 Å². The number of esters is 1. The standard InChI is InChI=1S/C21H26BCl2N2O7/c1-11(2)7-12(22-26(3)17(20(29)31-4)18(32-22)21(30)33-22)8-14(27)10-25-19(28)15-9-13(23)5-6-16(15)24/h5-6,9,11-12,17-18H,7-8,10H2,1-4H3,(H,25,28)/q-1/t12?,17-,18-,22?/m1/s1. The first-order valence-corrected chi connectivity index (χ1v) is 11.4. The van der Waals surface area contributed by atoms with Gasteiger partial charge in [-0.05, 0) is 37.6 Å². The molecule has 0 aromatic heterocycles. The van der Waals surface area contributed by atoms with Crippen LogP contribution in [0, 0.1) is 5.92 Å². The van der Waals surface area contributed by atoms with Gasteiger partial charge in [-0.15, -0.1) is 0 Å². The Labute approximate surface area is 202 Å². The van der Waals surface area contributed by atoms with Crippen LogP contribution in [0.5, 0.6) is 0 Å². The van der Waals surface area contributed by atoms with E-state index in [1.807, 2.05) is 13.8 Å². The molecule has 1 amide bonds. The molecule has 0 radical (unpaired) electrons. The number of Topliss-reactive ketones (excluding diaryl/α,β-unsaturated/α-hetero) is 1. The van der Waals surface area contributed by atoms with Crippen LogP contribution < -0.4 is 5.32 Å². The second-order valence-electron chi connectivity index (χ2n) is 8.79. The van der Waals surface area contributed by atoms with Crippen LogP contribution in [0.15, 0.2) is 18.2 Å². The number of nitrogens with one attached hydrogen (secondary N) is 1. The number of nitrogens with zero attached hydrogens (tertiary/aromatic N) is 1. The quantitative estimate of drug-likeness (QED) is 0.407. The lowest BCUT2D eigenvalue weighted by Crippen LogP contribution is -2.62. The number of amides is 1. The van der Waals surface area contributed by atoms with Crippen LogP contribution >= 0.6 is 23.2 Å². The number of hydrogen-bond acceptors (Lipinski definition) is 8. The van der Waals surface area contributed by atoms with Crippen molar-refractivity contribution in [2.45, 2.75) is 44.7 Å². The molecule has 1 aromatic carbocycles. The van der Waals surface area contributed by atoms with E-state index in [0.29, 0.717) is 11.4 Å². The van der Waals surface area contributed by atoms with Gasteiger partial charge in [0.2, 0.25) is 0 Å². The predicted molar refractivity (Wildman–Crippen MR) is 122 cm³/mol. The molecule has 2 fully saturated rings. The number of carbonyl (C=O) groups is 4. The minimum Gasteiger partial charge on any atom is -0.651 e. The number of rotatable bonds is 9. The fraction of sp³-hybridized carbons (Fsp3) is 0.524. The van der Waals surface area contributed by atoms with E-state index >= 15 is 0 Å². The lowest BCUT2D eigenvalue weighted by molar-refractivity contribution is -0.153. The summed E-state index contributed by atoms with van der Waals surface area (Å²) in [4.78, 5) is 51.5. The number of likely N-dealkylation sites (N-methyl/N-ethyl adjacent to an activating group) is 1. The SMILES string of the molecule is COC(=O)[C@H]1[C@H]2O[B-](C(CC(=O)CNC(=O)c3cc(Cl)ccc3Cl)CC(C)C)(OC2=O)N1C. The number of halogens is 2. The Kier molecular flexibility index (Phi) is 7.73. The fourth-order valence-electron chi connectivity index (χ4n) is 4.62. The average molecular weight is 500 g/mol. The maximum absolute atomic E-state index is 12.8. The number of ether oxygens (including phenoxy) is 1. The highest BCUT2D eigenvalue weighted by atomic mass is 35.5. The maximum Gasteiger partial charge on any atom is 0.378 e. The molecule has 33 heavy (non-hydrogen) atoms. The zero-order valence-corrected chi connectivity index (χ0v) is 20.3. The van der Waals surface area contributed by atoms with Gasteiger partial charge in [0.15, 0.2) is 0 Å². The minimum absolute atomic E-state index is 0.0278. The molecule has 0 spiro atoms. The van der Waals surface area contributed by atoms with E-state index in [9.17, 15) is 19.2 Å². The van der Waals surface area contributed by atoms with Crippen molar-refractivity contribution in [3.05, 3.63) is 33.8 Å². The highest BCUT2D eigenvalue weighted by Gasteiger charge is 2.63. The van der Waals surface area contributed by atoms with E-state index in [1.165, 1.54) is 19.2 Å². The Hall–Kier alpha value is -2.14. The number of ketones is 1. The Bertz CT molecular complexity index is 976. The lowest BCUT2D eigenvalue weighted by Gasteiger charge is -2.47. The minimum atomic E-state index is -2.40. The molecule has 2 aliphatic heterocycles. The van der Waals surface area contributed by atoms with Crippen molar-refractivity contribution < 1.29 is 33.2 Å². The molecule has 180 valence electrons. The van der Waals surface area contributed by atoms with E-state index in [4.69, 9.17) is 37.2 Å². The third-order valence-electron chi connectivity index (χ3n) is 6.07. The third-order valence-corrected chi connectivity index (χ3v) is 6.64. The van der Waals surface area contributed by atoms with Crippen molar-refractivity contribution in [1.82, 2.24) is 10.1 Å². The first kappa shape index (κ1) is 25.5. The second kappa shape index (κ2) is 10.0. The molecule has 1 aromatic rings. The normalized spacial score (nSPS) is 25.1. The van der Waals surface area contributed by atoms with Gasteiger partial charge in [-0.1, -0.05) is 49.3 Å². The summed E-state index contributed by atoms with van der Waals surface area (Å²) < 4.78 is 16.4. The summed E-state index contributed by atoms with van der Waals surface area (Å²) in [5, 5.41) is 3.10. The molecule has 4 atom stereocenters. The van der Waals surface area contributed by atoms with Crippen LogP contribution in [0.1, 0.15) is 37.0 Å². The molecule has 3 rings (SSSR count). The molecule has 12 heteroatoms. The van der Waals surface area contributed by atoms with Crippen LogP contribution in [0.25, 0.3) is 0 Å². The molecule has 2 saturated heterocycles. The number of methoxy groups -OCH3 is 1. The summed E-state index contributed by atoms with van der Waals surface area (Å²) in [6.07, 6.45) is -0.630. The van der Waals surface area contributed by atoms with E-state index < -0.39 is 42.5 Å². The first-order chi connectivity index (χ1) is 15.5. The van der Waals surface area contributed by atoms with E-state index in [0.717, 1.165) is 0 Å². The molecule has 2 unspecified atom stereocenters. The molecule has 2 heterocycles. The van der Waals surface area contributed by atoms with Crippen LogP contribution in [0.4, 0.5) is 0 Å². The van der Waals surface area contributed by atoms with Gasteiger partial charge in [0.05, 0.1) is 24.2 Å². The van der Waals surface area contributed by atoms with Crippen molar-refractivity contribution in [3.63, 3.8) is 0 Å². The van der Waals surface area contributed by atoms with E-state index in [2.05, 4.69) is 5.32 Å². The van der Waals surface area contributed by atoms with Crippen molar-refractivity contribution in [3.8, 4) is 0 Å². The van der Waals surface area contributed by atoms with Gasteiger partial charge in [-0.3, -0.25) is 19.2 Å². The smallest absolute Gasteiger partial charge is 0.378 e. The van der Waals surface area contributed by atoms with Crippen LogP contribution in [-0.2, 0) is 28.4 Å². The summed E-state index contributed by atoms with van der Waals surface area (Å²) >= 11 is 12.0. The monoisotopic (exact) mass is 499 g/mol. The van der Waals surface area contributed by atoms with Gasteiger partial charge in [0, 0.05) is 5.02 Å². The second-order valence-corrected chi connectivity index (χ2v) is 9.64. The highest BCUT2D eigenvalue weighted by Crippen LogP contribution is 2.47. The molecular formula is C21H26BCl2N2O7-. The van der Waals surface area contributed by atoms with Gasteiger partial charge < -0.3 is 24.2 Å². The Morgan fingerprint density at radius 1 is 1.27 bits per heavy atom.